The van der Waals surface area contributed by atoms with E-state index in [-0.39, 0.29) is 32.4 Å². The summed E-state index contributed by atoms with van der Waals surface area (Å²) in [6, 6.07) is -3.45. The van der Waals surface area contributed by atoms with Crippen molar-refractivity contribution in [2.24, 2.45) is 40.3 Å². The molecule has 19 nitrogen and oxygen atoms in total. The van der Waals surface area contributed by atoms with Gasteiger partial charge in [0.2, 0.25) is 6.29 Å². The maximum atomic E-state index is 12.9. The molecule has 0 amide bonds. The Morgan fingerprint density at radius 1 is 0.851 bits per heavy atom. The highest BCUT2D eigenvalue weighted by Gasteiger charge is 2.58. The van der Waals surface area contributed by atoms with E-state index in [0.717, 1.165) is 0 Å². The Morgan fingerprint density at radius 2 is 1.49 bits per heavy atom. The van der Waals surface area contributed by atoms with Crippen LogP contribution in [0, 0.1) is 5.92 Å². The lowest BCUT2D eigenvalue weighted by molar-refractivity contribution is -0.283. The molecular weight excluding hydrogens is 628 g/mol. The first-order valence-corrected chi connectivity index (χ1v) is 15.9. The van der Waals surface area contributed by atoms with E-state index in [1.807, 2.05) is 0 Å². The van der Waals surface area contributed by atoms with Gasteiger partial charge in [0, 0.05) is 31.5 Å². The second-order valence-electron chi connectivity index (χ2n) is 13.1. The first-order chi connectivity index (χ1) is 22.2. The van der Waals surface area contributed by atoms with Crippen molar-refractivity contribution >= 4 is 5.78 Å². The molecule has 5 rings (SSSR count). The van der Waals surface area contributed by atoms with Gasteiger partial charge in [0.15, 0.2) is 18.4 Å². The van der Waals surface area contributed by atoms with Crippen LogP contribution in [-0.4, -0.2) is 160 Å². The summed E-state index contributed by atoms with van der Waals surface area (Å²) >= 11 is 0. The normalized spacial score (nSPS) is 50.1. The monoisotopic (exact) mass is 678 g/mol. The van der Waals surface area contributed by atoms with Crippen LogP contribution in [-0.2, 0) is 33.2 Å². The highest BCUT2D eigenvalue weighted by atomic mass is 16.8. The number of Topliss-reactive ketones (excluding diaryl/α,β-unsaturated/α-hetero) is 1. The van der Waals surface area contributed by atoms with Crippen LogP contribution in [0.15, 0.2) is 11.8 Å². The smallest absolute Gasteiger partial charge is 0.215 e. The summed E-state index contributed by atoms with van der Waals surface area (Å²) < 4.78 is 35.4. The Balaban J connectivity index is 1.35. The number of carbonyl (C=O) groups excluding carboxylic acids is 1. The molecule has 4 fully saturated rings. The summed E-state index contributed by atoms with van der Waals surface area (Å²) in [5.74, 6) is -0.921. The number of hydrogen-bond acceptors (Lipinski definition) is 19. The first-order valence-electron chi connectivity index (χ1n) is 15.9. The highest BCUT2D eigenvalue weighted by Crippen LogP contribution is 2.41. The van der Waals surface area contributed by atoms with Crippen molar-refractivity contribution in [1.29, 1.82) is 0 Å². The number of ether oxygens (including phenoxy) is 6. The lowest BCUT2D eigenvalue weighted by atomic mass is 9.76. The molecule has 5 aliphatic rings. The van der Waals surface area contributed by atoms with Crippen LogP contribution in [0.4, 0.5) is 0 Å². The fourth-order valence-electron chi connectivity index (χ4n) is 6.67. The Kier molecular flexibility index (Phi) is 11.6. The molecule has 0 aromatic rings. The largest absolute Gasteiger partial charge is 0.467 e. The number of ketones is 1. The number of aliphatic hydroxyl groups excluding tert-OH is 5. The summed E-state index contributed by atoms with van der Waals surface area (Å²) in [4.78, 5) is 12.9. The van der Waals surface area contributed by atoms with Crippen molar-refractivity contribution in [3.05, 3.63) is 11.8 Å². The molecule has 3 aliphatic heterocycles. The number of nitrogens with two attached hydrogens (primary N) is 6. The van der Waals surface area contributed by atoms with E-state index in [1.165, 1.54) is 0 Å². The standard InChI is InChI=1S/C28H50N6O13/c29-6-10-1-2-11(31)25(42-10)45-22-12(32)3-9(4-16(36)28(41)5-15(28)33)18(37)24(22)47-27-21(40)23(14(8-35)44-27)46-26-17(34)20(39)19(38)13(7-30)43-26/h1,9,11-15,17-27,35,37-41H,2-8,29-34H2/t9-,11+,12-,13-,14+,15?,17+,18-,19+,20+,21+,22+,23+,24+,25+,26+,27-,28?/m0/s1. The maximum absolute atomic E-state index is 12.9. The minimum atomic E-state index is -1.68. The molecule has 2 saturated carbocycles. The molecule has 18 N–H and O–H groups in total. The van der Waals surface area contributed by atoms with Crippen molar-refractivity contribution < 1.29 is 63.9 Å². The van der Waals surface area contributed by atoms with Crippen molar-refractivity contribution in [3.63, 3.8) is 0 Å². The second-order valence-corrected chi connectivity index (χ2v) is 13.1. The zero-order valence-corrected chi connectivity index (χ0v) is 25.8. The minimum absolute atomic E-state index is 0.0801. The zero-order chi connectivity index (χ0) is 34.4. The summed E-state index contributed by atoms with van der Waals surface area (Å²) in [6.45, 7) is -0.741. The molecule has 0 bridgehead atoms. The highest BCUT2D eigenvalue weighted by molar-refractivity contribution is 5.91. The molecule has 19 heteroatoms. The Morgan fingerprint density at radius 3 is 2.11 bits per heavy atom. The molecule has 2 saturated heterocycles. The number of aliphatic hydroxyl groups is 6. The van der Waals surface area contributed by atoms with Crippen molar-refractivity contribution in [2.45, 2.75) is 129 Å². The lowest BCUT2D eigenvalue weighted by Gasteiger charge is -2.46. The summed E-state index contributed by atoms with van der Waals surface area (Å²) in [6.07, 6.45) is -13.9. The van der Waals surface area contributed by atoms with Crippen LogP contribution in [0.5, 0.6) is 0 Å². The van der Waals surface area contributed by atoms with E-state index >= 15 is 0 Å². The van der Waals surface area contributed by atoms with Gasteiger partial charge in [-0.25, -0.2) is 0 Å². The van der Waals surface area contributed by atoms with Gasteiger partial charge in [-0.2, -0.15) is 0 Å². The van der Waals surface area contributed by atoms with Gasteiger partial charge in [-0.15, -0.1) is 0 Å². The van der Waals surface area contributed by atoms with Crippen molar-refractivity contribution in [1.82, 2.24) is 0 Å². The van der Waals surface area contributed by atoms with Crippen LogP contribution in [0.1, 0.15) is 25.7 Å². The molecule has 2 unspecified atom stereocenters. The SMILES string of the molecule is NCC1=CC[C@@H](N)[C@@H](O[C@H]2[C@H](O[C@@H]3O[C@H](CO)[C@@H](O[C@H]4O[C@@H](CN)[C@@H](O)[C@H](O)[C@H]4N)[C@H]3O)[C@@H](O)[C@H](CC(=O)C3(O)CC3N)C[C@@H]2N)O1. The van der Waals surface area contributed by atoms with E-state index < -0.39 is 122 Å². The predicted octanol–water partition coefficient (Wildman–Crippen LogP) is -7.00. The second kappa shape index (κ2) is 14.8. The summed E-state index contributed by atoms with van der Waals surface area (Å²) in [5, 5.41) is 64.1. The van der Waals surface area contributed by atoms with Gasteiger partial charge in [-0.05, 0) is 24.8 Å². The fourth-order valence-corrected chi connectivity index (χ4v) is 6.67. The molecule has 0 spiro atoms. The van der Waals surface area contributed by atoms with Gasteiger partial charge >= 0.3 is 0 Å². The van der Waals surface area contributed by atoms with Gasteiger partial charge in [-0.3, -0.25) is 4.79 Å². The number of hydrogen-bond donors (Lipinski definition) is 12. The molecular formula is C28H50N6O13. The first kappa shape index (κ1) is 36.8. The molecule has 2 aliphatic carbocycles. The maximum Gasteiger partial charge on any atom is 0.215 e. The summed E-state index contributed by atoms with van der Waals surface area (Å²) in [7, 11) is 0. The molecule has 270 valence electrons. The van der Waals surface area contributed by atoms with E-state index in [2.05, 4.69) is 0 Å². The third-order valence-corrected chi connectivity index (χ3v) is 9.82. The number of carbonyl (C=O) groups is 1. The van der Waals surface area contributed by atoms with Crippen molar-refractivity contribution in [3.8, 4) is 0 Å². The van der Waals surface area contributed by atoms with Crippen LogP contribution in [0.3, 0.4) is 0 Å². The summed E-state index contributed by atoms with van der Waals surface area (Å²) in [5.41, 5.74) is 34.3. The van der Waals surface area contributed by atoms with E-state index in [9.17, 15) is 35.4 Å². The topological polar surface area (TPSA) is 350 Å². The van der Waals surface area contributed by atoms with Crippen LogP contribution in [0.25, 0.3) is 0 Å². The number of rotatable bonds is 12. The molecule has 3 heterocycles. The molecule has 0 aromatic carbocycles. The van der Waals surface area contributed by atoms with Gasteiger partial charge in [-0.1, -0.05) is 0 Å². The van der Waals surface area contributed by atoms with E-state index in [0.29, 0.717) is 12.2 Å². The molecule has 47 heavy (non-hydrogen) atoms. The third-order valence-electron chi connectivity index (χ3n) is 9.82. The van der Waals surface area contributed by atoms with E-state index in [1.54, 1.807) is 6.08 Å². The Bertz CT molecular complexity index is 1120. The quantitative estimate of drug-likeness (QED) is 0.0912. The van der Waals surface area contributed by atoms with Crippen LogP contribution in [0.2, 0.25) is 0 Å². The van der Waals surface area contributed by atoms with E-state index in [4.69, 9.17) is 62.8 Å². The molecule has 0 aromatic heterocycles. The molecule has 0 radical (unpaired) electrons. The Hall–Kier alpha value is -1.47. The lowest BCUT2D eigenvalue weighted by Crippen LogP contribution is -2.64. The van der Waals surface area contributed by atoms with Gasteiger partial charge in [0.05, 0.1) is 31.3 Å². The van der Waals surface area contributed by atoms with Gasteiger partial charge < -0.3 is 93.5 Å². The predicted molar refractivity (Wildman–Crippen MR) is 158 cm³/mol. The van der Waals surface area contributed by atoms with Gasteiger partial charge in [0.1, 0.15) is 60.2 Å². The van der Waals surface area contributed by atoms with Crippen molar-refractivity contribution in [2.75, 3.05) is 19.7 Å². The van der Waals surface area contributed by atoms with Gasteiger partial charge in [0.25, 0.3) is 0 Å². The van der Waals surface area contributed by atoms with Crippen LogP contribution >= 0.6 is 0 Å². The van der Waals surface area contributed by atoms with Crippen LogP contribution < -0.4 is 34.4 Å². The molecule has 18 atom stereocenters. The Labute approximate surface area is 271 Å². The minimum Gasteiger partial charge on any atom is -0.467 e. The average Bonchev–Trinajstić information content (AvgIpc) is 3.57. The third kappa shape index (κ3) is 7.37. The average molecular weight is 679 g/mol. The zero-order valence-electron chi connectivity index (χ0n) is 25.8. The fraction of sp³-hybridized carbons (Fsp3) is 0.893.